The highest BCUT2D eigenvalue weighted by molar-refractivity contribution is 5.69. The van der Waals surface area contributed by atoms with E-state index in [0.29, 0.717) is 5.69 Å². The van der Waals surface area contributed by atoms with Crippen LogP contribution in [0.2, 0.25) is 0 Å². The summed E-state index contributed by atoms with van der Waals surface area (Å²) >= 11 is 0. The monoisotopic (exact) mass is 314 g/mol. The fraction of sp³-hybridized carbons (Fsp3) is 0.150. The van der Waals surface area contributed by atoms with Crippen molar-refractivity contribution in [3.05, 3.63) is 83.2 Å². The van der Waals surface area contributed by atoms with Crippen LogP contribution in [-0.4, -0.2) is 15.0 Å². The molecule has 4 nitrogen and oxygen atoms in total. The zero-order chi connectivity index (χ0) is 16.6. The van der Waals surface area contributed by atoms with Crippen molar-refractivity contribution in [1.82, 2.24) is 15.0 Å². The molecule has 3 aromatic rings. The molecule has 4 heteroatoms. The summed E-state index contributed by atoms with van der Waals surface area (Å²) in [7, 11) is 0. The Balaban J connectivity index is 1.71. The molecule has 0 saturated carbocycles. The average Bonchev–Trinajstić information content (AvgIpc) is 3.04. The molecular weight excluding hydrogens is 296 g/mol. The summed E-state index contributed by atoms with van der Waals surface area (Å²) < 4.78 is 1.81. The van der Waals surface area contributed by atoms with Crippen LogP contribution < -0.4 is 0 Å². The normalized spacial score (nSPS) is 10.8. The Hall–Kier alpha value is -3.19. The van der Waals surface area contributed by atoms with Gasteiger partial charge < -0.3 is 0 Å². The lowest BCUT2D eigenvalue weighted by molar-refractivity contribution is 0.555. The maximum atomic E-state index is 9.23. The van der Waals surface area contributed by atoms with E-state index in [-0.39, 0.29) is 0 Å². The predicted octanol–water partition coefficient (Wildman–Crippen LogP) is 3.95. The number of aromatic nitrogens is 3. The molecule has 0 amide bonds. The number of aryl methyl sites for hydroxylation is 2. The SMILES string of the molecule is N#Cc1nnn(CCCc2ccccc2)c1/C=C/c1ccccc1. The third kappa shape index (κ3) is 3.96. The van der Waals surface area contributed by atoms with Gasteiger partial charge in [0.25, 0.3) is 0 Å². The highest BCUT2D eigenvalue weighted by Gasteiger charge is 2.09. The van der Waals surface area contributed by atoms with Gasteiger partial charge in [0.05, 0.1) is 5.69 Å². The molecule has 3 rings (SSSR count). The Morgan fingerprint density at radius 2 is 1.67 bits per heavy atom. The molecule has 0 aliphatic heterocycles. The van der Waals surface area contributed by atoms with Crippen LogP contribution in [0.4, 0.5) is 0 Å². The lowest BCUT2D eigenvalue weighted by Crippen LogP contribution is -2.04. The molecule has 0 fully saturated rings. The standard InChI is InChI=1S/C20H18N4/c21-16-19-20(14-13-18-10-5-2-6-11-18)24(23-22-19)15-7-12-17-8-3-1-4-9-17/h1-6,8-11,13-14H,7,12,15H2/b14-13+. The van der Waals surface area contributed by atoms with Gasteiger partial charge in [-0.05, 0) is 30.0 Å². The van der Waals surface area contributed by atoms with E-state index in [1.807, 2.05) is 60.7 Å². The summed E-state index contributed by atoms with van der Waals surface area (Å²) in [5, 5.41) is 17.3. The Bertz CT molecular complexity index is 842. The molecule has 24 heavy (non-hydrogen) atoms. The third-order valence-electron chi connectivity index (χ3n) is 3.79. The van der Waals surface area contributed by atoms with Crippen molar-refractivity contribution < 1.29 is 0 Å². The van der Waals surface area contributed by atoms with Gasteiger partial charge in [-0.25, -0.2) is 4.68 Å². The molecule has 0 N–H and O–H groups in total. The lowest BCUT2D eigenvalue weighted by Gasteiger charge is -2.04. The Kier molecular flexibility index (Phi) is 5.16. The fourth-order valence-corrected chi connectivity index (χ4v) is 2.55. The van der Waals surface area contributed by atoms with Gasteiger partial charge in [-0.15, -0.1) is 5.10 Å². The van der Waals surface area contributed by atoms with Crippen LogP contribution in [0, 0.1) is 11.3 Å². The minimum Gasteiger partial charge on any atom is -0.244 e. The first kappa shape index (κ1) is 15.7. The summed E-state index contributed by atoms with van der Waals surface area (Å²) in [6, 6.07) is 22.5. The van der Waals surface area contributed by atoms with Crippen LogP contribution in [0.1, 0.15) is 28.9 Å². The molecule has 118 valence electrons. The molecule has 0 spiro atoms. The Morgan fingerprint density at radius 1 is 0.958 bits per heavy atom. The zero-order valence-electron chi connectivity index (χ0n) is 13.3. The van der Waals surface area contributed by atoms with Crippen molar-refractivity contribution in [2.75, 3.05) is 0 Å². The van der Waals surface area contributed by atoms with E-state index in [2.05, 4.69) is 28.5 Å². The number of nitriles is 1. The second-order valence-electron chi connectivity index (χ2n) is 5.49. The quantitative estimate of drug-likeness (QED) is 0.692. The van der Waals surface area contributed by atoms with Crippen molar-refractivity contribution >= 4 is 12.2 Å². The van der Waals surface area contributed by atoms with Crippen LogP contribution >= 0.6 is 0 Å². The van der Waals surface area contributed by atoms with Crippen molar-refractivity contribution in [3.8, 4) is 6.07 Å². The molecule has 0 bridgehead atoms. The van der Waals surface area contributed by atoms with Crippen molar-refractivity contribution in [2.24, 2.45) is 0 Å². The van der Waals surface area contributed by atoms with E-state index in [4.69, 9.17) is 0 Å². The van der Waals surface area contributed by atoms with Gasteiger partial charge in [-0.2, -0.15) is 5.26 Å². The molecule has 0 atom stereocenters. The fourth-order valence-electron chi connectivity index (χ4n) is 2.55. The first-order valence-electron chi connectivity index (χ1n) is 7.97. The summed E-state index contributed by atoms with van der Waals surface area (Å²) in [6.07, 6.45) is 5.82. The second kappa shape index (κ2) is 7.89. The highest BCUT2D eigenvalue weighted by Crippen LogP contribution is 2.12. The molecule has 2 aromatic carbocycles. The van der Waals surface area contributed by atoms with Crippen LogP contribution in [0.5, 0.6) is 0 Å². The molecule has 0 aliphatic rings. The largest absolute Gasteiger partial charge is 0.244 e. The van der Waals surface area contributed by atoms with Crippen LogP contribution in [0.25, 0.3) is 12.2 Å². The lowest BCUT2D eigenvalue weighted by atomic mass is 10.1. The summed E-state index contributed by atoms with van der Waals surface area (Å²) in [4.78, 5) is 0. The van der Waals surface area contributed by atoms with Gasteiger partial charge in [0.15, 0.2) is 5.69 Å². The number of rotatable bonds is 6. The average molecular weight is 314 g/mol. The van der Waals surface area contributed by atoms with Crippen molar-refractivity contribution in [1.29, 1.82) is 5.26 Å². The minimum atomic E-state index is 0.363. The van der Waals surface area contributed by atoms with Gasteiger partial charge in [0, 0.05) is 6.54 Å². The molecule has 0 saturated heterocycles. The summed E-state index contributed by atoms with van der Waals surface area (Å²) in [5.74, 6) is 0. The van der Waals surface area contributed by atoms with E-state index in [1.54, 1.807) is 4.68 Å². The van der Waals surface area contributed by atoms with E-state index in [0.717, 1.165) is 30.6 Å². The highest BCUT2D eigenvalue weighted by atomic mass is 15.4. The molecule has 0 radical (unpaired) electrons. The van der Waals surface area contributed by atoms with Crippen molar-refractivity contribution in [2.45, 2.75) is 19.4 Å². The predicted molar refractivity (Wildman–Crippen MR) is 94.9 cm³/mol. The van der Waals surface area contributed by atoms with E-state index >= 15 is 0 Å². The first-order valence-corrected chi connectivity index (χ1v) is 7.97. The van der Waals surface area contributed by atoms with E-state index in [1.165, 1.54) is 5.56 Å². The third-order valence-corrected chi connectivity index (χ3v) is 3.79. The van der Waals surface area contributed by atoms with Gasteiger partial charge in [-0.3, -0.25) is 0 Å². The second-order valence-corrected chi connectivity index (χ2v) is 5.49. The van der Waals surface area contributed by atoms with E-state index in [9.17, 15) is 5.26 Å². The molecule has 0 unspecified atom stereocenters. The zero-order valence-corrected chi connectivity index (χ0v) is 13.3. The van der Waals surface area contributed by atoms with Crippen LogP contribution in [-0.2, 0) is 13.0 Å². The number of benzene rings is 2. The first-order chi connectivity index (χ1) is 11.9. The maximum Gasteiger partial charge on any atom is 0.190 e. The number of nitrogens with zero attached hydrogens (tertiary/aromatic N) is 4. The van der Waals surface area contributed by atoms with Gasteiger partial charge in [-0.1, -0.05) is 72.0 Å². The summed E-state index contributed by atoms with van der Waals surface area (Å²) in [6.45, 7) is 0.734. The maximum absolute atomic E-state index is 9.23. The van der Waals surface area contributed by atoms with Gasteiger partial charge in [0.1, 0.15) is 6.07 Å². The van der Waals surface area contributed by atoms with Crippen LogP contribution in [0.3, 0.4) is 0 Å². The topological polar surface area (TPSA) is 54.5 Å². The van der Waals surface area contributed by atoms with Gasteiger partial charge >= 0.3 is 0 Å². The number of hydrogen-bond donors (Lipinski definition) is 0. The molecular formula is C20H18N4. The number of hydrogen-bond acceptors (Lipinski definition) is 3. The molecule has 0 aliphatic carbocycles. The van der Waals surface area contributed by atoms with Crippen molar-refractivity contribution in [3.63, 3.8) is 0 Å². The molecule has 1 aromatic heterocycles. The smallest absolute Gasteiger partial charge is 0.190 e. The van der Waals surface area contributed by atoms with E-state index < -0.39 is 0 Å². The minimum absolute atomic E-state index is 0.363. The molecule has 1 heterocycles. The Labute approximate surface area is 141 Å². The van der Waals surface area contributed by atoms with Crippen LogP contribution in [0.15, 0.2) is 60.7 Å². The summed E-state index contributed by atoms with van der Waals surface area (Å²) in [5.41, 5.74) is 3.51. The Morgan fingerprint density at radius 3 is 2.38 bits per heavy atom. The van der Waals surface area contributed by atoms with Gasteiger partial charge in [0.2, 0.25) is 0 Å².